The molecule has 0 fully saturated rings. The first-order valence-corrected chi connectivity index (χ1v) is 4.85. The van der Waals surface area contributed by atoms with Crippen molar-refractivity contribution >= 4 is 18.2 Å². The molecule has 0 saturated heterocycles. The van der Waals surface area contributed by atoms with Gasteiger partial charge in [0, 0.05) is 18.0 Å². The molecular weight excluding hydrogens is 210 g/mol. The number of rotatable bonds is 4. The quantitative estimate of drug-likeness (QED) is 0.737. The third-order valence-electron chi connectivity index (χ3n) is 2.14. The third-order valence-corrected chi connectivity index (χ3v) is 2.14. The zero-order chi connectivity index (χ0) is 10.6. The summed E-state index contributed by atoms with van der Waals surface area (Å²) >= 11 is 0. The van der Waals surface area contributed by atoms with Crippen LogP contribution in [-0.2, 0) is 0 Å². The van der Waals surface area contributed by atoms with Gasteiger partial charge in [-0.3, -0.25) is 4.79 Å². The molecule has 1 aromatic rings. The van der Waals surface area contributed by atoms with Gasteiger partial charge in [-0.2, -0.15) is 0 Å². The molecule has 0 saturated carbocycles. The van der Waals surface area contributed by atoms with Crippen molar-refractivity contribution in [2.24, 2.45) is 5.92 Å². The summed E-state index contributed by atoms with van der Waals surface area (Å²) in [6.45, 7) is 2.77. The summed E-state index contributed by atoms with van der Waals surface area (Å²) in [5.41, 5.74) is 0.807. The Hall–Kier alpha value is -0.860. The van der Waals surface area contributed by atoms with E-state index in [1.165, 1.54) is 0 Å². The van der Waals surface area contributed by atoms with Gasteiger partial charge in [-0.05, 0) is 14.1 Å². The average molecular weight is 228 g/mol. The average Bonchev–Trinajstić information content (AvgIpc) is 2.17. The van der Waals surface area contributed by atoms with E-state index in [0.29, 0.717) is 0 Å². The van der Waals surface area contributed by atoms with Crippen LogP contribution in [0.3, 0.4) is 0 Å². The maximum atomic E-state index is 11.9. The maximum Gasteiger partial charge on any atom is 0.166 e. The molecule has 0 amide bonds. The van der Waals surface area contributed by atoms with E-state index in [0.717, 1.165) is 12.1 Å². The van der Waals surface area contributed by atoms with Crippen molar-refractivity contribution in [1.29, 1.82) is 0 Å². The second-order valence-electron chi connectivity index (χ2n) is 3.89. The SMILES string of the molecule is CC(CN(C)C)C(=O)c1ccccc1.Cl. The normalized spacial score (nSPS) is 12.0. The van der Waals surface area contributed by atoms with E-state index >= 15 is 0 Å². The van der Waals surface area contributed by atoms with Crippen molar-refractivity contribution < 1.29 is 4.79 Å². The van der Waals surface area contributed by atoms with Crippen LogP contribution < -0.4 is 0 Å². The van der Waals surface area contributed by atoms with Gasteiger partial charge in [0.05, 0.1) is 0 Å². The van der Waals surface area contributed by atoms with Crippen molar-refractivity contribution in [2.75, 3.05) is 20.6 Å². The van der Waals surface area contributed by atoms with Gasteiger partial charge in [-0.25, -0.2) is 0 Å². The molecule has 3 heteroatoms. The second kappa shape index (κ2) is 6.59. The van der Waals surface area contributed by atoms with Crippen LogP contribution in [0.5, 0.6) is 0 Å². The molecule has 84 valence electrons. The van der Waals surface area contributed by atoms with E-state index in [4.69, 9.17) is 0 Å². The van der Waals surface area contributed by atoms with Crippen LogP contribution in [-0.4, -0.2) is 31.3 Å². The van der Waals surface area contributed by atoms with Gasteiger partial charge >= 0.3 is 0 Å². The molecule has 15 heavy (non-hydrogen) atoms. The molecule has 1 atom stereocenters. The Bertz CT molecular complexity index is 298. The second-order valence-corrected chi connectivity index (χ2v) is 3.89. The van der Waals surface area contributed by atoms with Gasteiger partial charge in [-0.15, -0.1) is 12.4 Å². The van der Waals surface area contributed by atoms with Gasteiger partial charge in [0.2, 0.25) is 0 Å². The molecule has 0 radical (unpaired) electrons. The summed E-state index contributed by atoms with van der Waals surface area (Å²) in [5, 5.41) is 0. The van der Waals surface area contributed by atoms with Crippen LogP contribution in [0, 0.1) is 5.92 Å². The van der Waals surface area contributed by atoms with E-state index in [2.05, 4.69) is 0 Å². The first-order valence-electron chi connectivity index (χ1n) is 4.85. The number of carbonyl (C=O) groups excluding carboxylic acids is 1. The topological polar surface area (TPSA) is 20.3 Å². The number of nitrogens with zero attached hydrogens (tertiary/aromatic N) is 1. The third kappa shape index (κ3) is 4.45. The molecule has 0 aromatic heterocycles. The van der Waals surface area contributed by atoms with E-state index in [1.54, 1.807) is 0 Å². The fraction of sp³-hybridized carbons (Fsp3) is 0.417. The Balaban J connectivity index is 0.00000196. The lowest BCUT2D eigenvalue weighted by atomic mass is 9.99. The molecule has 1 unspecified atom stereocenters. The minimum atomic E-state index is 0. The summed E-state index contributed by atoms with van der Waals surface area (Å²) in [6.07, 6.45) is 0. The fourth-order valence-electron chi connectivity index (χ4n) is 1.52. The minimum Gasteiger partial charge on any atom is -0.309 e. The lowest BCUT2D eigenvalue weighted by molar-refractivity contribution is 0.0910. The molecular formula is C12H18ClNO. The predicted molar refractivity (Wildman–Crippen MR) is 65.7 cm³/mol. The Morgan fingerprint density at radius 2 is 1.80 bits per heavy atom. The van der Waals surface area contributed by atoms with E-state index in [-0.39, 0.29) is 24.1 Å². The summed E-state index contributed by atoms with van der Waals surface area (Å²) < 4.78 is 0. The lowest BCUT2D eigenvalue weighted by Crippen LogP contribution is -2.25. The zero-order valence-corrected chi connectivity index (χ0v) is 10.3. The first-order chi connectivity index (χ1) is 6.61. The molecule has 0 spiro atoms. The van der Waals surface area contributed by atoms with Crippen molar-refractivity contribution in [1.82, 2.24) is 4.90 Å². The number of Topliss-reactive ketones (excluding diaryl/α,β-unsaturated/α-hetero) is 1. The summed E-state index contributed by atoms with van der Waals surface area (Å²) in [6, 6.07) is 9.46. The van der Waals surface area contributed by atoms with Crippen molar-refractivity contribution in [3.63, 3.8) is 0 Å². The summed E-state index contributed by atoms with van der Waals surface area (Å²) in [7, 11) is 3.96. The number of halogens is 1. The van der Waals surface area contributed by atoms with Crippen LogP contribution in [0.15, 0.2) is 30.3 Å². The highest BCUT2D eigenvalue weighted by Gasteiger charge is 2.14. The Labute approximate surface area is 97.7 Å². The molecule has 0 N–H and O–H groups in total. The monoisotopic (exact) mass is 227 g/mol. The molecule has 2 nitrogen and oxygen atoms in total. The zero-order valence-electron chi connectivity index (χ0n) is 9.43. The standard InChI is InChI=1S/C12H17NO.ClH/c1-10(9-13(2)3)12(14)11-7-5-4-6-8-11;/h4-8,10H,9H2,1-3H3;1H. The van der Waals surface area contributed by atoms with Crippen molar-refractivity contribution in [2.45, 2.75) is 6.92 Å². The van der Waals surface area contributed by atoms with Crippen molar-refractivity contribution in [3.05, 3.63) is 35.9 Å². The summed E-state index contributed by atoms with van der Waals surface area (Å²) in [5.74, 6) is 0.284. The van der Waals surface area contributed by atoms with Crippen LogP contribution in [0.4, 0.5) is 0 Å². The lowest BCUT2D eigenvalue weighted by Gasteiger charge is -2.15. The Morgan fingerprint density at radius 1 is 1.27 bits per heavy atom. The molecule has 0 aliphatic heterocycles. The van der Waals surface area contributed by atoms with Gasteiger partial charge in [-0.1, -0.05) is 37.3 Å². The number of benzene rings is 1. The Morgan fingerprint density at radius 3 is 2.27 bits per heavy atom. The highest BCUT2D eigenvalue weighted by molar-refractivity contribution is 5.97. The van der Waals surface area contributed by atoms with Crippen LogP contribution >= 0.6 is 12.4 Å². The van der Waals surface area contributed by atoms with Crippen LogP contribution in [0.2, 0.25) is 0 Å². The fourth-order valence-corrected chi connectivity index (χ4v) is 1.52. The number of carbonyl (C=O) groups is 1. The number of ketones is 1. The minimum absolute atomic E-state index is 0. The van der Waals surface area contributed by atoms with Gasteiger partial charge in [0.25, 0.3) is 0 Å². The maximum absolute atomic E-state index is 11.9. The molecule has 0 heterocycles. The van der Waals surface area contributed by atoms with E-state index < -0.39 is 0 Å². The molecule has 0 aliphatic carbocycles. The summed E-state index contributed by atoms with van der Waals surface area (Å²) in [4.78, 5) is 13.9. The van der Waals surface area contributed by atoms with Gasteiger partial charge in [0.15, 0.2) is 5.78 Å². The largest absolute Gasteiger partial charge is 0.309 e. The molecule has 0 aliphatic rings. The molecule has 1 rings (SSSR count). The smallest absolute Gasteiger partial charge is 0.166 e. The van der Waals surface area contributed by atoms with Crippen LogP contribution in [0.1, 0.15) is 17.3 Å². The first kappa shape index (κ1) is 14.1. The predicted octanol–water partition coefficient (Wildman–Crippen LogP) is 2.49. The molecule has 0 bridgehead atoms. The highest BCUT2D eigenvalue weighted by atomic mass is 35.5. The van der Waals surface area contributed by atoms with Crippen LogP contribution in [0.25, 0.3) is 0 Å². The van der Waals surface area contributed by atoms with Crippen molar-refractivity contribution in [3.8, 4) is 0 Å². The molecule has 1 aromatic carbocycles. The number of hydrogen-bond acceptors (Lipinski definition) is 2. The van der Waals surface area contributed by atoms with E-state index in [1.807, 2.05) is 56.3 Å². The highest BCUT2D eigenvalue weighted by Crippen LogP contribution is 2.08. The van der Waals surface area contributed by atoms with Gasteiger partial charge in [0.1, 0.15) is 0 Å². The number of hydrogen-bond donors (Lipinski definition) is 0. The van der Waals surface area contributed by atoms with Gasteiger partial charge < -0.3 is 4.90 Å². The van der Waals surface area contributed by atoms with E-state index in [9.17, 15) is 4.79 Å². The Kier molecular flexibility index (Phi) is 6.21.